The lowest BCUT2D eigenvalue weighted by atomic mass is 9.85. The van der Waals surface area contributed by atoms with Crippen molar-refractivity contribution < 1.29 is 8.42 Å². The van der Waals surface area contributed by atoms with Gasteiger partial charge in [-0.2, -0.15) is 0 Å². The summed E-state index contributed by atoms with van der Waals surface area (Å²) in [6.07, 6.45) is 4.93. The van der Waals surface area contributed by atoms with Crippen LogP contribution in [0.5, 0.6) is 0 Å². The van der Waals surface area contributed by atoms with Crippen molar-refractivity contribution in [2.75, 3.05) is 0 Å². The number of halogens is 1. The van der Waals surface area contributed by atoms with Gasteiger partial charge < -0.3 is 4.57 Å². The Morgan fingerprint density at radius 3 is 2.73 bits per heavy atom. The fourth-order valence-corrected chi connectivity index (χ4v) is 4.16. The molecule has 0 atom stereocenters. The predicted molar refractivity (Wildman–Crippen MR) is 83.2 cm³/mol. The van der Waals surface area contributed by atoms with E-state index in [0.717, 1.165) is 18.7 Å². The van der Waals surface area contributed by atoms with Crippen LogP contribution >= 0.6 is 11.6 Å². The van der Waals surface area contributed by atoms with Crippen molar-refractivity contribution in [1.82, 2.24) is 19.7 Å². The first-order valence-corrected chi connectivity index (χ1v) is 9.34. The zero-order valence-electron chi connectivity index (χ0n) is 12.2. The normalized spacial score (nSPS) is 15.7. The molecular weight excluding hydrogens is 324 g/mol. The molecule has 6 nitrogen and oxygen atoms in total. The van der Waals surface area contributed by atoms with E-state index in [9.17, 15) is 8.42 Å². The summed E-state index contributed by atoms with van der Waals surface area (Å²) in [5.74, 6) is 1.41. The molecule has 0 amide bonds. The average molecular weight is 341 g/mol. The Kier molecular flexibility index (Phi) is 4.18. The summed E-state index contributed by atoms with van der Waals surface area (Å²) in [6.45, 7) is 0. The van der Waals surface area contributed by atoms with Crippen molar-refractivity contribution in [2.24, 2.45) is 7.05 Å². The van der Waals surface area contributed by atoms with Gasteiger partial charge in [0.2, 0.25) is 0 Å². The molecule has 0 saturated heterocycles. The van der Waals surface area contributed by atoms with Gasteiger partial charge in [0.05, 0.1) is 16.5 Å². The average Bonchev–Trinajstić information content (AvgIpc) is 2.72. The number of aromatic nitrogens is 4. The van der Waals surface area contributed by atoms with Crippen LogP contribution in [0, 0.1) is 0 Å². The molecule has 2 aromatic rings. The lowest BCUT2D eigenvalue weighted by molar-refractivity contribution is 0.391. The van der Waals surface area contributed by atoms with Gasteiger partial charge in [-0.15, -0.1) is 10.2 Å². The summed E-state index contributed by atoms with van der Waals surface area (Å²) in [7, 11) is -1.58. The van der Waals surface area contributed by atoms with Gasteiger partial charge in [0, 0.05) is 19.2 Å². The fourth-order valence-electron chi connectivity index (χ4n) is 2.50. The van der Waals surface area contributed by atoms with E-state index in [0.29, 0.717) is 22.5 Å². The van der Waals surface area contributed by atoms with E-state index in [1.165, 1.54) is 12.6 Å². The Balaban J connectivity index is 1.77. The van der Waals surface area contributed by atoms with Crippen molar-refractivity contribution in [2.45, 2.75) is 36.7 Å². The van der Waals surface area contributed by atoms with Crippen LogP contribution in [0.3, 0.4) is 0 Å². The van der Waals surface area contributed by atoms with Gasteiger partial charge >= 0.3 is 0 Å². The van der Waals surface area contributed by atoms with Crippen LogP contribution < -0.4 is 0 Å². The second-order valence-corrected chi connectivity index (χ2v) is 8.10. The van der Waals surface area contributed by atoms with Crippen LogP contribution in [-0.4, -0.2) is 28.2 Å². The molecule has 2 heterocycles. The Bertz CT molecular complexity index is 784. The highest BCUT2D eigenvalue weighted by Gasteiger charge is 2.27. The maximum atomic E-state index is 12.4. The molecule has 1 fully saturated rings. The molecule has 0 N–H and O–H groups in total. The van der Waals surface area contributed by atoms with E-state index in [1.807, 2.05) is 7.05 Å². The molecule has 1 saturated carbocycles. The van der Waals surface area contributed by atoms with E-state index >= 15 is 0 Å². The lowest BCUT2D eigenvalue weighted by Crippen LogP contribution is -2.16. The predicted octanol–water partition coefficient (Wildman–Crippen LogP) is 2.25. The molecule has 118 valence electrons. The highest BCUT2D eigenvalue weighted by atomic mass is 35.5. The quantitative estimate of drug-likeness (QED) is 0.834. The molecule has 1 aliphatic carbocycles. The van der Waals surface area contributed by atoms with E-state index in [1.54, 1.807) is 16.7 Å². The molecule has 3 rings (SSSR count). The Morgan fingerprint density at radius 2 is 2.09 bits per heavy atom. The summed E-state index contributed by atoms with van der Waals surface area (Å²) >= 11 is 5.98. The minimum absolute atomic E-state index is 0.157. The van der Waals surface area contributed by atoms with Crippen LogP contribution in [0.15, 0.2) is 18.3 Å². The SMILES string of the molecule is Cn1c(CS(=O)(=O)Cc2ncccc2Cl)nnc1C1CCC1. The molecular formula is C14H17ClN4O2S. The van der Waals surface area contributed by atoms with Crippen molar-refractivity contribution in [3.8, 4) is 0 Å². The van der Waals surface area contributed by atoms with Gasteiger partial charge in [0.1, 0.15) is 17.4 Å². The summed E-state index contributed by atoms with van der Waals surface area (Å²) in [5, 5.41) is 8.56. The zero-order chi connectivity index (χ0) is 15.7. The first-order chi connectivity index (χ1) is 10.5. The smallest absolute Gasteiger partial charge is 0.163 e. The molecule has 22 heavy (non-hydrogen) atoms. The van der Waals surface area contributed by atoms with Crippen LogP contribution in [0.25, 0.3) is 0 Å². The number of sulfone groups is 1. The van der Waals surface area contributed by atoms with E-state index < -0.39 is 9.84 Å². The standard InChI is InChI=1S/C14H17ClN4O2S/c1-19-13(17-18-14(19)10-4-2-5-10)9-22(20,21)8-12-11(15)6-3-7-16-12/h3,6-7,10H,2,4-5,8-9H2,1H3. The molecule has 0 aliphatic heterocycles. The van der Waals surface area contributed by atoms with Gasteiger partial charge in [-0.3, -0.25) is 4.98 Å². The minimum Gasteiger partial charge on any atom is -0.317 e. The molecule has 0 aromatic carbocycles. The number of rotatable bonds is 5. The largest absolute Gasteiger partial charge is 0.317 e. The van der Waals surface area contributed by atoms with Crippen LogP contribution in [-0.2, 0) is 28.4 Å². The topological polar surface area (TPSA) is 77.7 Å². The second kappa shape index (κ2) is 5.96. The number of hydrogen-bond acceptors (Lipinski definition) is 5. The van der Waals surface area contributed by atoms with Gasteiger partial charge in [-0.05, 0) is 25.0 Å². The maximum Gasteiger partial charge on any atom is 0.163 e. The summed E-state index contributed by atoms with van der Waals surface area (Å²) in [4.78, 5) is 4.03. The number of hydrogen-bond donors (Lipinski definition) is 0. The van der Waals surface area contributed by atoms with Crippen molar-refractivity contribution in [3.63, 3.8) is 0 Å². The highest BCUT2D eigenvalue weighted by molar-refractivity contribution is 7.89. The molecule has 0 unspecified atom stereocenters. The Labute approximate surface area is 134 Å². The summed E-state index contributed by atoms with van der Waals surface area (Å²) < 4.78 is 26.5. The Hall–Kier alpha value is -1.47. The first-order valence-electron chi connectivity index (χ1n) is 7.14. The van der Waals surface area contributed by atoms with Gasteiger partial charge in [-0.25, -0.2) is 8.42 Å². The minimum atomic E-state index is -3.40. The fraction of sp³-hybridized carbons (Fsp3) is 0.500. The maximum absolute atomic E-state index is 12.4. The number of pyridine rings is 1. The van der Waals surface area contributed by atoms with Crippen molar-refractivity contribution >= 4 is 21.4 Å². The summed E-state index contributed by atoms with van der Waals surface area (Å²) in [6, 6.07) is 3.31. The van der Waals surface area contributed by atoms with Crippen molar-refractivity contribution in [3.05, 3.63) is 40.7 Å². The first kappa shape index (κ1) is 15.4. The third-order valence-electron chi connectivity index (χ3n) is 4.01. The molecule has 8 heteroatoms. The monoisotopic (exact) mass is 340 g/mol. The van der Waals surface area contributed by atoms with E-state index in [-0.39, 0.29) is 11.5 Å². The Morgan fingerprint density at radius 1 is 1.32 bits per heavy atom. The van der Waals surface area contributed by atoms with Gasteiger partial charge in [-0.1, -0.05) is 18.0 Å². The molecule has 1 aliphatic rings. The van der Waals surface area contributed by atoms with Crippen LogP contribution in [0.1, 0.15) is 42.5 Å². The van der Waals surface area contributed by atoms with E-state index in [2.05, 4.69) is 15.2 Å². The summed E-state index contributed by atoms with van der Waals surface area (Å²) in [5.41, 5.74) is 0.366. The third-order valence-corrected chi connectivity index (χ3v) is 5.76. The number of nitrogens with zero attached hydrogens (tertiary/aromatic N) is 4. The lowest BCUT2D eigenvalue weighted by Gasteiger charge is -2.24. The van der Waals surface area contributed by atoms with Crippen LogP contribution in [0.4, 0.5) is 0 Å². The molecule has 2 aromatic heterocycles. The zero-order valence-corrected chi connectivity index (χ0v) is 13.8. The van der Waals surface area contributed by atoms with E-state index in [4.69, 9.17) is 11.6 Å². The molecule has 0 bridgehead atoms. The molecule has 0 radical (unpaired) electrons. The van der Waals surface area contributed by atoms with Gasteiger partial charge in [0.25, 0.3) is 0 Å². The second-order valence-electron chi connectivity index (χ2n) is 5.63. The van der Waals surface area contributed by atoms with Crippen molar-refractivity contribution in [1.29, 1.82) is 0 Å². The van der Waals surface area contributed by atoms with Crippen LogP contribution in [0.2, 0.25) is 5.02 Å². The highest BCUT2D eigenvalue weighted by Crippen LogP contribution is 2.35. The third kappa shape index (κ3) is 3.15. The molecule has 0 spiro atoms. The van der Waals surface area contributed by atoms with Gasteiger partial charge in [0.15, 0.2) is 9.84 Å².